The number of oxazole rings is 1. The van der Waals surface area contributed by atoms with E-state index in [4.69, 9.17) is 4.42 Å². The van der Waals surface area contributed by atoms with E-state index in [1.54, 1.807) is 11.3 Å². The van der Waals surface area contributed by atoms with E-state index in [0.717, 1.165) is 53.5 Å². The first-order chi connectivity index (χ1) is 12.2. The van der Waals surface area contributed by atoms with E-state index in [1.165, 1.54) is 0 Å². The lowest BCUT2D eigenvalue weighted by Crippen LogP contribution is -2.40. The van der Waals surface area contributed by atoms with Crippen LogP contribution in [0.15, 0.2) is 34.1 Å². The van der Waals surface area contributed by atoms with Crippen molar-refractivity contribution in [1.29, 1.82) is 0 Å². The first-order valence-electron chi connectivity index (χ1n) is 8.79. The molecule has 0 bridgehead atoms. The minimum absolute atomic E-state index is 0.147. The van der Waals surface area contributed by atoms with Crippen LogP contribution in [-0.4, -0.2) is 33.9 Å². The van der Waals surface area contributed by atoms with Crippen molar-refractivity contribution in [3.05, 3.63) is 46.2 Å². The van der Waals surface area contributed by atoms with Crippen molar-refractivity contribution < 1.29 is 9.21 Å². The predicted molar refractivity (Wildman–Crippen MR) is 97.8 cm³/mol. The van der Waals surface area contributed by atoms with Gasteiger partial charge in [-0.15, -0.1) is 11.3 Å². The van der Waals surface area contributed by atoms with Crippen LogP contribution in [0.1, 0.15) is 42.3 Å². The van der Waals surface area contributed by atoms with Crippen LogP contribution in [0.5, 0.6) is 0 Å². The lowest BCUT2D eigenvalue weighted by atomic mass is 9.97. The topological polar surface area (TPSA) is 59.2 Å². The van der Waals surface area contributed by atoms with Crippen molar-refractivity contribution in [2.24, 2.45) is 0 Å². The van der Waals surface area contributed by atoms with Gasteiger partial charge in [-0.05, 0) is 31.4 Å². The average Bonchev–Trinajstić information content (AvgIpc) is 3.28. The summed E-state index contributed by atoms with van der Waals surface area (Å²) < 4.78 is 5.91. The molecule has 1 aliphatic heterocycles. The molecule has 6 heteroatoms. The number of amides is 1. The summed E-state index contributed by atoms with van der Waals surface area (Å²) >= 11 is 1.63. The van der Waals surface area contributed by atoms with Crippen LogP contribution in [0.25, 0.3) is 11.1 Å². The number of thiazole rings is 1. The highest BCUT2D eigenvalue weighted by Crippen LogP contribution is 2.29. The van der Waals surface area contributed by atoms with Gasteiger partial charge in [0.25, 0.3) is 0 Å². The Balaban J connectivity index is 1.45. The van der Waals surface area contributed by atoms with Gasteiger partial charge in [0.05, 0.1) is 23.0 Å². The quantitative estimate of drug-likeness (QED) is 0.714. The molecule has 1 saturated heterocycles. The third-order valence-corrected chi connectivity index (χ3v) is 5.71. The third-order valence-electron chi connectivity index (χ3n) is 4.67. The number of carbonyl (C=O) groups excluding carboxylic acids is 1. The fourth-order valence-corrected chi connectivity index (χ4v) is 4.07. The van der Waals surface area contributed by atoms with E-state index in [9.17, 15) is 4.79 Å². The second-order valence-electron chi connectivity index (χ2n) is 6.46. The molecule has 1 atom stereocenters. The smallest absolute Gasteiger partial charge is 0.228 e. The van der Waals surface area contributed by atoms with Gasteiger partial charge in [-0.1, -0.05) is 19.1 Å². The Labute approximate surface area is 150 Å². The maximum absolute atomic E-state index is 12.7. The molecule has 130 valence electrons. The van der Waals surface area contributed by atoms with Crippen LogP contribution in [0.4, 0.5) is 0 Å². The van der Waals surface area contributed by atoms with Gasteiger partial charge >= 0.3 is 0 Å². The highest BCUT2D eigenvalue weighted by atomic mass is 32.1. The van der Waals surface area contributed by atoms with Crippen molar-refractivity contribution in [3.8, 4) is 0 Å². The third kappa shape index (κ3) is 3.44. The molecule has 1 unspecified atom stereocenters. The zero-order valence-corrected chi connectivity index (χ0v) is 15.1. The molecule has 0 aliphatic carbocycles. The molecule has 4 rings (SSSR count). The van der Waals surface area contributed by atoms with Crippen LogP contribution in [0, 0.1) is 0 Å². The van der Waals surface area contributed by atoms with E-state index in [-0.39, 0.29) is 11.8 Å². The molecule has 1 aliphatic rings. The van der Waals surface area contributed by atoms with Gasteiger partial charge in [0.2, 0.25) is 5.91 Å². The van der Waals surface area contributed by atoms with Crippen LogP contribution in [0.2, 0.25) is 0 Å². The van der Waals surface area contributed by atoms with Crippen molar-refractivity contribution >= 4 is 28.3 Å². The van der Waals surface area contributed by atoms with Crippen molar-refractivity contribution in [3.63, 3.8) is 0 Å². The Morgan fingerprint density at radius 2 is 2.24 bits per heavy atom. The standard InChI is InChI=1S/C19H21N3O2S/c1-2-17-20-14(12-25-17)10-18(23)22-9-5-6-13(11-22)19-21-15-7-3-4-8-16(15)24-19/h3-4,7-8,12-13H,2,5-6,9-11H2,1H3. The van der Waals surface area contributed by atoms with Gasteiger partial charge in [-0.3, -0.25) is 4.79 Å². The first-order valence-corrected chi connectivity index (χ1v) is 9.67. The van der Waals surface area contributed by atoms with Crippen LogP contribution >= 0.6 is 11.3 Å². The molecule has 0 radical (unpaired) electrons. The molecular weight excluding hydrogens is 334 g/mol. The Morgan fingerprint density at radius 1 is 1.36 bits per heavy atom. The number of likely N-dealkylation sites (tertiary alicyclic amines) is 1. The van der Waals surface area contributed by atoms with Gasteiger partial charge in [0.1, 0.15) is 5.52 Å². The Kier molecular flexibility index (Phi) is 4.53. The van der Waals surface area contributed by atoms with E-state index < -0.39 is 0 Å². The Morgan fingerprint density at radius 3 is 3.04 bits per heavy atom. The maximum Gasteiger partial charge on any atom is 0.228 e. The van der Waals surface area contributed by atoms with Crippen molar-refractivity contribution in [2.75, 3.05) is 13.1 Å². The lowest BCUT2D eigenvalue weighted by molar-refractivity contribution is -0.131. The molecule has 0 N–H and O–H groups in total. The number of rotatable bonds is 4. The van der Waals surface area contributed by atoms with Crippen LogP contribution < -0.4 is 0 Å². The Bertz CT molecular complexity index is 853. The van der Waals surface area contributed by atoms with Crippen LogP contribution in [-0.2, 0) is 17.6 Å². The van der Waals surface area contributed by atoms with Gasteiger partial charge < -0.3 is 9.32 Å². The highest BCUT2D eigenvalue weighted by Gasteiger charge is 2.28. The minimum atomic E-state index is 0.147. The number of nitrogens with zero attached hydrogens (tertiary/aromatic N) is 3. The van der Waals surface area contributed by atoms with Gasteiger partial charge in [-0.25, -0.2) is 9.97 Å². The number of aromatic nitrogens is 2. The minimum Gasteiger partial charge on any atom is -0.440 e. The second-order valence-corrected chi connectivity index (χ2v) is 7.40. The molecular formula is C19H21N3O2S. The number of fused-ring (bicyclic) bond motifs is 1. The summed E-state index contributed by atoms with van der Waals surface area (Å²) in [5, 5.41) is 3.09. The largest absolute Gasteiger partial charge is 0.440 e. The zero-order chi connectivity index (χ0) is 17.2. The summed E-state index contributed by atoms with van der Waals surface area (Å²) in [5.41, 5.74) is 2.59. The van der Waals surface area contributed by atoms with E-state index in [1.807, 2.05) is 34.5 Å². The summed E-state index contributed by atoms with van der Waals surface area (Å²) in [6.45, 7) is 3.57. The molecule has 1 amide bonds. The summed E-state index contributed by atoms with van der Waals surface area (Å²) in [6, 6.07) is 7.81. The number of benzene rings is 1. The molecule has 3 heterocycles. The number of carbonyl (C=O) groups is 1. The summed E-state index contributed by atoms with van der Waals surface area (Å²) in [5.74, 6) is 1.07. The summed E-state index contributed by atoms with van der Waals surface area (Å²) in [6.07, 6.45) is 3.29. The maximum atomic E-state index is 12.7. The zero-order valence-electron chi connectivity index (χ0n) is 14.3. The number of aryl methyl sites for hydroxylation is 1. The number of piperidine rings is 1. The van der Waals surface area contributed by atoms with E-state index in [2.05, 4.69) is 16.9 Å². The van der Waals surface area contributed by atoms with Crippen molar-refractivity contribution in [2.45, 2.75) is 38.5 Å². The highest BCUT2D eigenvalue weighted by molar-refractivity contribution is 7.09. The monoisotopic (exact) mass is 355 g/mol. The van der Waals surface area contributed by atoms with Crippen LogP contribution in [0.3, 0.4) is 0 Å². The molecule has 0 saturated carbocycles. The fraction of sp³-hybridized carbons (Fsp3) is 0.421. The average molecular weight is 355 g/mol. The molecule has 25 heavy (non-hydrogen) atoms. The molecule has 0 spiro atoms. The number of para-hydroxylation sites is 2. The van der Waals surface area contributed by atoms with E-state index in [0.29, 0.717) is 13.0 Å². The predicted octanol–water partition coefficient (Wildman–Crippen LogP) is 3.80. The lowest BCUT2D eigenvalue weighted by Gasteiger charge is -2.31. The van der Waals surface area contributed by atoms with E-state index >= 15 is 0 Å². The second kappa shape index (κ2) is 6.96. The molecule has 5 nitrogen and oxygen atoms in total. The number of hydrogen-bond donors (Lipinski definition) is 0. The van der Waals surface area contributed by atoms with Crippen molar-refractivity contribution in [1.82, 2.24) is 14.9 Å². The normalized spacial score (nSPS) is 18.0. The molecule has 2 aromatic heterocycles. The van der Waals surface area contributed by atoms with Gasteiger partial charge in [0, 0.05) is 18.5 Å². The Hall–Kier alpha value is -2.21. The molecule has 1 aromatic carbocycles. The number of hydrogen-bond acceptors (Lipinski definition) is 5. The SMILES string of the molecule is CCc1nc(CC(=O)N2CCCC(c3nc4ccccc4o3)C2)cs1. The summed E-state index contributed by atoms with van der Waals surface area (Å²) in [4.78, 5) is 23.7. The fourth-order valence-electron chi connectivity index (χ4n) is 3.33. The van der Waals surface area contributed by atoms with Gasteiger partial charge in [-0.2, -0.15) is 0 Å². The molecule has 1 fully saturated rings. The molecule has 3 aromatic rings. The van der Waals surface area contributed by atoms with Gasteiger partial charge in [0.15, 0.2) is 11.5 Å². The first kappa shape index (κ1) is 16.3. The summed E-state index contributed by atoms with van der Waals surface area (Å²) in [7, 11) is 0.